The maximum absolute atomic E-state index is 14.8. The van der Waals surface area contributed by atoms with Crippen molar-refractivity contribution >= 4 is 39.3 Å². The van der Waals surface area contributed by atoms with Crippen LogP contribution in [0.15, 0.2) is 140 Å². The lowest BCUT2D eigenvalue weighted by Gasteiger charge is -2.18. The van der Waals surface area contributed by atoms with Crippen LogP contribution in [0.3, 0.4) is 0 Å². The minimum absolute atomic E-state index is 0.351. The molecule has 50 heavy (non-hydrogen) atoms. The van der Waals surface area contributed by atoms with E-state index in [1.807, 2.05) is 129 Å². The van der Waals surface area contributed by atoms with Crippen molar-refractivity contribution in [3.63, 3.8) is 0 Å². The summed E-state index contributed by atoms with van der Waals surface area (Å²) in [5.74, 6) is 1.06. The Bertz CT molecular complexity index is 2590. The first-order chi connectivity index (χ1) is 24.5. The van der Waals surface area contributed by atoms with Gasteiger partial charge in [0.25, 0.3) is 11.8 Å². The van der Waals surface area contributed by atoms with E-state index >= 15 is 0 Å². The molecule has 3 heterocycles. The summed E-state index contributed by atoms with van der Waals surface area (Å²) in [6, 6.07) is 45.6. The monoisotopic (exact) mass is 647 g/mol. The summed E-state index contributed by atoms with van der Waals surface area (Å²) in [5.41, 5.74) is 8.21. The smallest absolute Gasteiger partial charge is 0.268 e. The van der Waals surface area contributed by atoms with E-state index in [1.54, 1.807) is 6.07 Å². The lowest BCUT2D eigenvalue weighted by Crippen LogP contribution is -2.29. The summed E-state index contributed by atoms with van der Waals surface area (Å²) in [4.78, 5) is 44.3. The predicted molar refractivity (Wildman–Crippen MR) is 198 cm³/mol. The summed E-state index contributed by atoms with van der Waals surface area (Å²) in [6.07, 6.45) is 0. The van der Waals surface area contributed by atoms with Gasteiger partial charge in [-0.2, -0.15) is 0 Å². The van der Waals surface area contributed by atoms with Gasteiger partial charge < -0.3 is 4.57 Å². The fourth-order valence-electron chi connectivity index (χ4n) is 7.21. The second-order valence-corrected chi connectivity index (χ2v) is 12.5. The van der Waals surface area contributed by atoms with E-state index in [0.717, 1.165) is 49.6 Å². The number of imide groups is 1. The third-order valence-electron chi connectivity index (χ3n) is 9.32. The van der Waals surface area contributed by atoms with Gasteiger partial charge in [0.2, 0.25) is 0 Å². The number of fused-ring (bicyclic) bond motifs is 4. The maximum Gasteiger partial charge on any atom is 0.268 e. The standard InChI is InChI=1S/C43H29N5O2/c1-26-44-27(2)46-41(45-26)36-20-11-18-34-33-17-9-10-21-37(33)48(40(34)36)38-22-12-19-35-39(38)43(50)47(42(35)49)32-24-30(28-13-5-3-6-14-28)23-31(25-32)29-15-7-4-8-16-29/h3-25H,1-2H3. The van der Waals surface area contributed by atoms with E-state index in [-0.39, 0.29) is 11.8 Å². The molecule has 7 heteroatoms. The molecule has 0 aliphatic carbocycles. The number of para-hydroxylation sites is 2. The van der Waals surface area contributed by atoms with E-state index in [4.69, 9.17) is 9.97 Å². The summed E-state index contributed by atoms with van der Waals surface area (Å²) in [5, 5.41) is 2.00. The molecular weight excluding hydrogens is 619 g/mol. The highest BCUT2D eigenvalue weighted by molar-refractivity contribution is 6.36. The lowest BCUT2D eigenvalue weighted by molar-refractivity contribution is 0.0926. The van der Waals surface area contributed by atoms with Gasteiger partial charge >= 0.3 is 0 Å². The molecule has 0 spiro atoms. The third-order valence-corrected chi connectivity index (χ3v) is 9.32. The number of hydrogen-bond acceptors (Lipinski definition) is 5. The number of carbonyl (C=O) groups is 2. The van der Waals surface area contributed by atoms with Gasteiger partial charge in [-0.05, 0) is 78.6 Å². The highest BCUT2D eigenvalue weighted by atomic mass is 16.2. The highest BCUT2D eigenvalue weighted by Gasteiger charge is 2.40. The molecule has 238 valence electrons. The normalized spacial score (nSPS) is 12.6. The maximum atomic E-state index is 14.8. The SMILES string of the molecule is Cc1nc(C)nc(-c2cccc3c4ccccc4n(-c4cccc5c4C(=O)N(c4cc(-c6ccccc6)cc(-c6ccccc6)c4)C5=O)c23)n1. The number of carbonyl (C=O) groups excluding carboxylic acids is 2. The Morgan fingerprint density at radius 3 is 1.76 bits per heavy atom. The number of aromatic nitrogens is 4. The summed E-state index contributed by atoms with van der Waals surface area (Å²) < 4.78 is 2.08. The Hall–Kier alpha value is -6.73. The van der Waals surface area contributed by atoms with Gasteiger partial charge in [-0.15, -0.1) is 0 Å². The molecule has 0 N–H and O–H groups in total. The van der Waals surface area contributed by atoms with E-state index in [0.29, 0.717) is 40.0 Å². The third kappa shape index (κ3) is 4.63. The second kappa shape index (κ2) is 11.5. The second-order valence-electron chi connectivity index (χ2n) is 12.5. The average Bonchev–Trinajstić information content (AvgIpc) is 3.62. The summed E-state index contributed by atoms with van der Waals surface area (Å²) in [7, 11) is 0. The Morgan fingerprint density at radius 2 is 1.08 bits per heavy atom. The van der Waals surface area contributed by atoms with Crippen LogP contribution in [0, 0.1) is 13.8 Å². The Morgan fingerprint density at radius 1 is 0.500 bits per heavy atom. The van der Waals surface area contributed by atoms with Gasteiger partial charge in [0.15, 0.2) is 5.82 Å². The van der Waals surface area contributed by atoms with Gasteiger partial charge in [0.05, 0.1) is 33.5 Å². The Kier molecular flexibility index (Phi) is 6.74. The quantitative estimate of drug-likeness (QED) is 0.174. The molecule has 0 atom stereocenters. The first kappa shape index (κ1) is 29.4. The van der Waals surface area contributed by atoms with Crippen LogP contribution in [-0.2, 0) is 0 Å². The summed E-state index contributed by atoms with van der Waals surface area (Å²) in [6.45, 7) is 3.71. The fourth-order valence-corrected chi connectivity index (χ4v) is 7.21. The van der Waals surface area contributed by atoms with E-state index in [2.05, 4.69) is 27.8 Å². The zero-order valence-corrected chi connectivity index (χ0v) is 27.3. The number of rotatable bonds is 5. The van der Waals surface area contributed by atoms with Gasteiger partial charge in [-0.3, -0.25) is 9.59 Å². The molecule has 9 rings (SSSR count). The van der Waals surface area contributed by atoms with Crippen LogP contribution in [-0.4, -0.2) is 31.3 Å². The average molecular weight is 648 g/mol. The van der Waals surface area contributed by atoms with Gasteiger partial charge in [-0.1, -0.05) is 97.1 Å². The van der Waals surface area contributed by atoms with Gasteiger partial charge in [0.1, 0.15) is 11.6 Å². The zero-order chi connectivity index (χ0) is 33.9. The van der Waals surface area contributed by atoms with Crippen molar-refractivity contribution in [2.75, 3.05) is 4.90 Å². The molecular formula is C43H29N5O2. The van der Waals surface area contributed by atoms with E-state index in [1.165, 1.54) is 4.90 Å². The minimum Gasteiger partial charge on any atom is -0.308 e. The van der Waals surface area contributed by atoms with Crippen molar-refractivity contribution in [2.45, 2.75) is 13.8 Å². The zero-order valence-electron chi connectivity index (χ0n) is 27.3. The Labute approximate surface area is 288 Å². The molecule has 0 saturated carbocycles. The van der Waals surface area contributed by atoms with Crippen molar-refractivity contribution in [2.24, 2.45) is 0 Å². The molecule has 0 saturated heterocycles. The van der Waals surface area contributed by atoms with Crippen molar-refractivity contribution in [3.05, 3.63) is 162 Å². The van der Waals surface area contributed by atoms with Crippen molar-refractivity contribution in [1.82, 2.24) is 19.5 Å². The molecule has 2 aromatic heterocycles. The van der Waals surface area contributed by atoms with Crippen LogP contribution in [0.4, 0.5) is 5.69 Å². The topological polar surface area (TPSA) is 81.0 Å². The van der Waals surface area contributed by atoms with Crippen LogP contribution in [0.25, 0.3) is 61.1 Å². The number of anilines is 1. The number of aryl methyl sites for hydroxylation is 2. The first-order valence-electron chi connectivity index (χ1n) is 16.5. The van der Waals surface area contributed by atoms with Crippen LogP contribution < -0.4 is 4.90 Å². The molecule has 1 aliphatic rings. The van der Waals surface area contributed by atoms with Gasteiger partial charge in [-0.25, -0.2) is 19.9 Å². The van der Waals surface area contributed by atoms with Crippen LogP contribution in [0.2, 0.25) is 0 Å². The van der Waals surface area contributed by atoms with Crippen molar-refractivity contribution in [1.29, 1.82) is 0 Å². The molecule has 0 fully saturated rings. The molecule has 7 nitrogen and oxygen atoms in total. The van der Waals surface area contributed by atoms with E-state index < -0.39 is 0 Å². The number of benzene rings is 6. The van der Waals surface area contributed by atoms with Gasteiger partial charge in [0, 0.05) is 16.3 Å². The van der Waals surface area contributed by atoms with Crippen LogP contribution >= 0.6 is 0 Å². The van der Waals surface area contributed by atoms with Crippen LogP contribution in [0.1, 0.15) is 32.4 Å². The largest absolute Gasteiger partial charge is 0.308 e. The molecule has 0 bridgehead atoms. The molecule has 2 amide bonds. The molecule has 8 aromatic rings. The molecule has 0 unspecified atom stereocenters. The predicted octanol–water partition coefficient (Wildman–Crippen LogP) is 9.39. The number of hydrogen-bond donors (Lipinski definition) is 0. The number of amides is 2. The minimum atomic E-state index is -0.375. The fraction of sp³-hybridized carbons (Fsp3) is 0.0465. The Balaban J connectivity index is 1.27. The van der Waals surface area contributed by atoms with Crippen LogP contribution in [0.5, 0.6) is 0 Å². The first-order valence-corrected chi connectivity index (χ1v) is 16.5. The summed E-state index contributed by atoms with van der Waals surface area (Å²) >= 11 is 0. The lowest BCUT2D eigenvalue weighted by atomic mass is 9.97. The number of nitrogens with zero attached hydrogens (tertiary/aromatic N) is 5. The molecule has 6 aromatic carbocycles. The van der Waals surface area contributed by atoms with Crippen molar-refractivity contribution in [3.8, 4) is 39.3 Å². The van der Waals surface area contributed by atoms with E-state index in [9.17, 15) is 9.59 Å². The highest BCUT2D eigenvalue weighted by Crippen LogP contribution is 2.41. The molecule has 1 aliphatic heterocycles. The van der Waals surface area contributed by atoms with Crippen molar-refractivity contribution < 1.29 is 9.59 Å². The molecule has 0 radical (unpaired) electrons.